The summed E-state index contributed by atoms with van der Waals surface area (Å²) in [4.78, 5) is 38.9. The molecule has 0 aromatic heterocycles. The molecule has 40 heavy (non-hydrogen) atoms. The zero-order chi connectivity index (χ0) is 28.3. The maximum absolute atomic E-state index is 13.4. The first-order valence-corrected chi connectivity index (χ1v) is 13.7. The molecule has 4 aromatic carbocycles. The monoisotopic (exact) mass is 596 g/mol. The van der Waals surface area contributed by atoms with Gasteiger partial charge in [0.2, 0.25) is 11.8 Å². The largest absolute Gasteiger partial charge is 0.494 e. The molecule has 0 saturated heterocycles. The number of hydrogen-bond donors (Lipinski definition) is 2. The standard InChI is InChI=1S/C33H29BrN2O4/c1-2-20-40-28-16-10-23(11-17-28)12-19-31(37)35-27-15-18-30(29(22-27)33(39)25-6-4-3-5-7-25)36-32(38)21-24-8-13-26(34)14-9-24/h3-19,22H,2,20-21H2,1H3,(H,35,37)(H,36,38). The zero-order valence-corrected chi connectivity index (χ0v) is 23.6. The Balaban J connectivity index is 1.50. The molecule has 0 fully saturated rings. The Morgan fingerprint density at radius 1 is 0.850 bits per heavy atom. The van der Waals surface area contributed by atoms with Crippen LogP contribution in [0.15, 0.2) is 108 Å². The predicted octanol–water partition coefficient (Wildman–Crippen LogP) is 7.30. The van der Waals surface area contributed by atoms with Crippen molar-refractivity contribution >= 4 is 51.0 Å². The number of nitrogens with one attached hydrogen (secondary N) is 2. The maximum atomic E-state index is 13.4. The second-order valence-electron chi connectivity index (χ2n) is 9.05. The zero-order valence-electron chi connectivity index (χ0n) is 22.0. The molecule has 4 aromatic rings. The van der Waals surface area contributed by atoms with E-state index in [4.69, 9.17) is 4.74 Å². The van der Waals surface area contributed by atoms with Crippen molar-refractivity contribution in [3.63, 3.8) is 0 Å². The summed E-state index contributed by atoms with van der Waals surface area (Å²) >= 11 is 3.39. The smallest absolute Gasteiger partial charge is 0.248 e. The van der Waals surface area contributed by atoms with E-state index in [2.05, 4.69) is 26.6 Å². The van der Waals surface area contributed by atoms with Gasteiger partial charge >= 0.3 is 0 Å². The van der Waals surface area contributed by atoms with Crippen LogP contribution in [0.25, 0.3) is 6.08 Å². The van der Waals surface area contributed by atoms with E-state index < -0.39 is 0 Å². The van der Waals surface area contributed by atoms with Crippen LogP contribution in [0.5, 0.6) is 5.75 Å². The number of anilines is 2. The highest BCUT2D eigenvalue weighted by molar-refractivity contribution is 9.10. The SMILES string of the molecule is CCCOc1ccc(C=CC(=O)Nc2ccc(NC(=O)Cc3ccc(Br)cc3)c(C(=O)c3ccccc3)c2)cc1. The lowest BCUT2D eigenvalue weighted by molar-refractivity contribution is -0.115. The minimum atomic E-state index is -0.351. The van der Waals surface area contributed by atoms with Crippen LogP contribution in [0.4, 0.5) is 11.4 Å². The van der Waals surface area contributed by atoms with E-state index >= 15 is 0 Å². The summed E-state index contributed by atoms with van der Waals surface area (Å²) in [5.41, 5.74) is 3.25. The van der Waals surface area contributed by atoms with Crippen LogP contribution in [0.3, 0.4) is 0 Å². The van der Waals surface area contributed by atoms with Crippen molar-refractivity contribution in [1.82, 2.24) is 0 Å². The van der Waals surface area contributed by atoms with Crippen LogP contribution in [-0.4, -0.2) is 24.2 Å². The molecule has 0 atom stereocenters. The average molecular weight is 598 g/mol. The molecule has 0 radical (unpaired) electrons. The number of ketones is 1. The Labute approximate surface area is 242 Å². The van der Waals surface area contributed by atoms with Crippen molar-refractivity contribution in [2.45, 2.75) is 19.8 Å². The third-order valence-corrected chi connectivity index (χ3v) is 6.43. The van der Waals surface area contributed by atoms with Gasteiger partial charge in [-0.05, 0) is 66.1 Å². The van der Waals surface area contributed by atoms with Crippen LogP contribution in [0, 0.1) is 0 Å². The van der Waals surface area contributed by atoms with Gasteiger partial charge in [-0.3, -0.25) is 14.4 Å². The number of hydrogen-bond acceptors (Lipinski definition) is 4. The lowest BCUT2D eigenvalue weighted by atomic mass is 10.0. The highest BCUT2D eigenvalue weighted by Crippen LogP contribution is 2.25. The summed E-state index contributed by atoms with van der Waals surface area (Å²) in [6.45, 7) is 2.70. The Bertz CT molecular complexity index is 1500. The summed E-state index contributed by atoms with van der Waals surface area (Å²) in [6, 6.07) is 28.6. The minimum Gasteiger partial charge on any atom is -0.494 e. The number of ether oxygens (including phenoxy) is 1. The van der Waals surface area contributed by atoms with Gasteiger partial charge < -0.3 is 15.4 Å². The van der Waals surface area contributed by atoms with E-state index in [1.54, 1.807) is 48.5 Å². The summed E-state index contributed by atoms with van der Waals surface area (Å²) in [5.74, 6) is -0.0913. The fourth-order valence-electron chi connectivity index (χ4n) is 3.90. The molecular formula is C33H29BrN2O4. The molecule has 7 heteroatoms. The van der Waals surface area contributed by atoms with E-state index in [-0.39, 0.29) is 29.6 Å². The van der Waals surface area contributed by atoms with Gasteiger partial charge in [-0.25, -0.2) is 0 Å². The highest BCUT2D eigenvalue weighted by Gasteiger charge is 2.17. The number of carbonyl (C=O) groups excluding carboxylic acids is 3. The fourth-order valence-corrected chi connectivity index (χ4v) is 4.16. The van der Waals surface area contributed by atoms with Gasteiger partial charge in [0.05, 0.1) is 18.7 Å². The number of rotatable bonds is 11. The van der Waals surface area contributed by atoms with Crippen molar-refractivity contribution in [3.8, 4) is 5.75 Å². The van der Waals surface area contributed by atoms with Crippen molar-refractivity contribution in [1.29, 1.82) is 0 Å². The lowest BCUT2D eigenvalue weighted by Crippen LogP contribution is -2.18. The summed E-state index contributed by atoms with van der Waals surface area (Å²) in [6.07, 6.45) is 4.21. The first kappa shape index (κ1) is 28.5. The minimum absolute atomic E-state index is 0.154. The van der Waals surface area contributed by atoms with E-state index in [9.17, 15) is 14.4 Å². The average Bonchev–Trinajstić information content (AvgIpc) is 2.97. The van der Waals surface area contributed by atoms with E-state index in [0.29, 0.717) is 23.5 Å². The second kappa shape index (κ2) is 14.1. The molecule has 202 valence electrons. The second-order valence-corrected chi connectivity index (χ2v) is 9.96. The molecule has 0 bridgehead atoms. The van der Waals surface area contributed by atoms with Crippen LogP contribution in [-0.2, 0) is 16.0 Å². The van der Waals surface area contributed by atoms with Gasteiger partial charge in [-0.1, -0.05) is 77.5 Å². The highest BCUT2D eigenvalue weighted by atomic mass is 79.9. The molecule has 0 heterocycles. The van der Waals surface area contributed by atoms with Crippen molar-refractivity contribution in [2.75, 3.05) is 17.2 Å². The lowest BCUT2D eigenvalue weighted by Gasteiger charge is -2.13. The number of amides is 2. The molecule has 0 aliphatic heterocycles. The first-order valence-electron chi connectivity index (χ1n) is 12.9. The van der Waals surface area contributed by atoms with Crippen LogP contribution in [0.1, 0.15) is 40.4 Å². The van der Waals surface area contributed by atoms with Crippen LogP contribution >= 0.6 is 15.9 Å². The van der Waals surface area contributed by atoms with Gasteiger partial charge in [-0.15, -0.1) is 0 Å². The quantitative estimate of drug-likeness (QED) is 0.140. The van der Waals surface area contributed by atoms with Gasteiger partial charge in [0, 0.05) is 27.4 Å². The van der Waals surface area contributed by atoms with Crippen molar-refractivity contribution in [2.24, 2.45) is 0 Å². The van der Waals surface area contributed by atoms with Crippen LogP contribution in [0.2, 0.25) is 0 Å². The molecule has 2 N–H and O–H groups in total. The normalized spacial score (nSPS) is 10.8. The molecule has 4 rings (SSSR count). The molecule has 0 unspecified atom stereocenters. The van der Waals surface area contributed by atoms with Gasteiger partial charge in [-0.2, -0.15) is 0 Å². The van der Waals surface area contributed by atoms with Crippen molar-refractivity contribution in [3.05, 3.63) is 130 Å². The summed E-state index contributed by atoms with van der Waals surface area (Å²) in [7, 11) is 0. The molecule has 2 amide bonds. The van der Waals surface area contributed by atoms with Gasteiger partial charge in [0.15, 0.2) is 5.78 Å². The first-order chi connectivity index (χ1) is 19.4. The molecule has 0 spiro atoms. The number of halogens is 1. The Morgan fingerprint density at radius 3 is 2.27 bits per heavy atom. The Hall–Kier alpha value is -4.49. The molecule has 0 aliphatic carbocycles. The predicted molar refractivity (Wildman–Crippen MR) is 163 cm³/mol. The topological polar surface area (TPSA) is 84.5 Å². The maximum Gasteiger partial charge on any atom is 0.248 e. The summed E-state index contributed by atoms with van der Waals surface area (Å²) < 4.78 is 6.51. The Kier molecular flexibility index (Phi) is 10.0. The van der Waals surface area contributed by atoms with Crippen LogP contribution < -0.4 is 15.4 Å². The van der Waals surface area contributed by atoms with E-state index in [0.717, 1.165) is 27.8 Å². The molecule has 6 nitrogen and oxygen atoms in total. The van der Waals surface area contributed by atoms with E-state index in [1.165, 1.54) is 6.08 Å². The van der Waals surface area contributed by atoms with Gasteiger partial charge in [0.1, 0.15) is 5.75 Å². The summed E-state index contributed by atoms with van der Waals surface area (Å²) in [5, 5.41) is 5.66. The number of benzene rings is 4. The third-order valence-electron chi connectivity index (χ3n) is 5.90. The molecular weight excluding hydrogens is 568 g/mol. The van der Waals surface area contributed by atoms with E-state index in [1.807, 2.05) is 61.5 Å². The molecule has 0 aliphatic rings. The molecule has 0 saturated carbocycles. The fraction of sp³-hybridized carbons (Fsp3) is 0.121. The number of carbonyl (C=O) groups is 3. The van der Waals surface area contributed by atoms with Gasteiger partial charge in [0.25, 0.3) is 0 Å². The van der Waals surface area contributed by atoms with Crippen molar-refractivity contribution < 1.29 is 19.1 Å². The Morgan fingerprint density at radius 2 is 1.57 bits per heavy atom. The third kappa shape index (κ3) is 8.25.